The van der Waals surface area contributed by atoms with Crippen molar-refractivity contribution in [3.05, 3.63) is 65.7 Å². The molecule has 2 aromatic carbocycles. The van der Waals surface area contributed by atoms with Gasteiger partial charge in [-0.15, -0.1) is 0 Å². The molecule has 166 valence electrons. The first-order chi connectivity index (χ1) is 14.6. The second-order valence-corrected chi connectivity index (χ2v) is 8.49. The Morgan fingerprint density at radius 2 is 1.65 bits per heavy atom. The van der Waals surface area contributed by atoms with Crippen molar-refractivity contribution in [2.45, 2.75) is 29.8 Å². The van der Waals surface area contributed by atoms with Gasteiger partial charge < -0.3 is 15.2 Å². The first-order valence-electron chi connectivity index (χ1n) is 9.29. The van der Waals surface area contributed by atoms with Crippen LogP contribution in [0, 0.1) is 0 Å². The first kappa shape index (κ1) is 24.2. The van der Waals surface area contributed by atoms with Crippen LogP contribution < -0.4 is 10.0 Å². The zero-order chi connectivity index (χ0) is 23.2. The molecule has 0 saturated heterocycles. The summed E-state index contributed by atoms with van der Waals surface area (Å²) in [4.78, 5) is 37.1. The molecule has 0 aromatic heterocycles. The van der Waals surface area contributed by atoms with Crippen molar-refractivity contribution in [3.63, 3.8) is 0 Å². The third-order valence-electron chi connectivity index (χ3n) is 4.81. The second-order valence-electron chi connectivity index (χ2n) is 6.84. The number of esters is 1. The summed E-state index contributed by atoms with van der Waals surface area (Å²) in [6.07, 6.45) is -0.437. The van der Waals surface area contributed by atoms with Gasteiger partial charge >= 0.3 is 11.9 Å². The number of rotatable bonds is 10. The lowest BCUT2D eigenvalue weighted by Gasteiger charge is -2.31. The van der Waals surface area contributed by atoms with Crippen molar-refractivity contribution in [2.75, 3.05) is 14.2 Å². The average Bonchev–Trinajstić information content (AvgIpc) is 2.77. The van der Waals surface area contributed by atoms with Crippen LogP contribution in [-0.4, -0.2) is 57.0 Å². The molecule has 9 nitrogen and oxygen atoms in total. The Bertz CT molecular complexity index is 1070. The van der Waals surface area contributed by atoms with Gasteiger partial charge in [-0.1, -0.05) is 42.5 Å². The fourth-order valence-electron chi connectivity index (χ4n) is 3.06. The molecule has 0 saturated carbocycles. The normalized spacial score (nSPS) is 14.3. The number of sulfonamides is 1. The van der Waals surface area contributed by atoms with E-state index in [1.54, 1.807) is 30.3 Å². The van der Waals surface area contributed by atoms with E-state index in [1.807, 2.05) is 0 Å². The maximum atomic E-state index is 13.2. The van der Waals surface area contributed by atoms with E-state index in [-0.39, 0.29) is 5.56 Å². The van der Waals surface area contributed by atoms with Crippen LogP contribution in [0.2, 0.25) is 0 Å². The maximum Gasteiger partial charge on any atom is 0.339 e. The van der Waals surface area contributed by atoms with Crippen molar-refractivity contribution < 1.29 is 32.6 Å². The van der Waals surface area contributed by atoms with Crippen molar-refractivity contribution in [2.24, 2.45) is 0 Å². The quantitative estimate of drug-likeness (QED) is 0.361. The van der Waals surface area contributed by atoms with Gasteiger partial charge in [-0.3, -0.25) is 4.79 Å². The number of hydrogen-bond donors (Lipinski definition) is 3. The number of Topliss-reactive ketones (excluding diaryl/α,β-unsaturated/α-hetero) is 1. The Morgan fingerprint density at radius 3 is 2.19 bits per heavy atom. The molecular weight excluding hydrogens is 424 g/mol. The number of carbonyl (C=O) groups is 3. The zero-order valence-electron chi connectivity index (χ0n) is 17.3. The van der Waals surface area contributed by atoms with Crippen LogP contribution in [0.5, 0.6) is 0 Å². The number of carbonyl (C=O) groups excluding carboxylic acids is 2. The van der Waals surface area contributed by atoms with Crippen LogP contribution >= 0.6 is 0 Å². The molecule has 2 rings (SSSR count). The van der Waals surface area contributed by atoms with Gasteiger partial charge in [-0.25, -0.2) is 18.0 Å². The van der Waals surface area contributed by atoms with E-state index < -0.39 is 50.6 Å². The summed E-state index contributed by atoms with van der Waals surface area (Å²) in [5, 5.41) is 12.7. The molecule has 2 aromatic rings. The highest BCUT2D eigenvalue weighted by Crippen LogP contribution is 2.24. The lowest BCUT2D eigenvalue weighted by molar-refractivity contribution is -0.149. The van der Waals surface area contributed by atoms with Gasteiger partial charge in [0.05, 0.1) is 23.6 Å². The molecule has 0 aliphatic rings. The van der Waals surface area contributed by atoms with Crippen molar-refractivity contribution in [1.82, 2.24) is 10.0 Å². The lowest BCUT2D eigenvalue weighted by Crippen LogP contribution is -2.65. The van der Waals surface area contributed by atoms with Crippen molar-refractivity contribution >= 4 is 27.7 Å². The van der Waals surface area contributed by atoms with Gasteiger partial charge in [0.1, 0.15) is 0 Å². The van der Waals surface area contributed by atoms with Gasteiger partial charge in [-0.05, 0) is 31.7 Å². The van der Waals surface area contributed by atoms with Gasteiger partial charge in [0.15, 0.2) is 11.3 Å². The van der Waals surface area contributed by atoms with E-state index in [2.05, 4.69) is 14.8 Å². The molecule has 0 aliphatic heterocycles. The molecule has 0 heterocycles. The number of carboxylic acids is 1. The highest BCUT2D eigenvalue weighted by atomic mass is 32.2. The molecule has 0 radical (unpaired) electrons. The minimum atomic E-state index is -4.64. The van der Waals surface area contributed by atoms with E-state index in [4.69, 9.17) is 0 Å². The Morgan fingerprint density at radius 1 is 1.06 bits per heavy atom. The van der Waals surface area contributed by atoms with Crippen LogP contribution in [-0.2, 0) is 30.8 Å². The maximum absolute atomic E-state index is 13.2. The SMILES string of the molecule is CNC(C)C(=O)[C@@](Cc1ccccc1)(NS(=O)(=O)c1ccccc1C(=O)OC)C(=O)O. The zero-order valence-corrected chi connectivity index (χ0v) is 18.1. The summed E-state index contributed by atoms with van der Waals surface area (Å²) in [7, 11) is -2.09. The molecule has 3 N–H and O–H groups in total. The summed E-state index contributed by atoms with van der Waals surface area (Å²) < 4.78 is 33.2. The molecule has 2 atom stereocenters. The standard InChI is InChI=1S/C21H24N2O7S/c1-14(22-2)18(24)21(20(26)27,13-15-9-5-4-6-10-15)23-31(28,29)17-12-8-7-11-16(17)19(25)30-3/h4-12,14,22-23H,13H2,1-3H3,(H,26,27)/t14?,21-/m1/s1. The predicted octanol–water partition coefficient (Wildman–Crippen LogP) is 0.995. The van der Waals surface area contributed by atoms with Gasteiger partial charge in [0, 0.05) is 6.42 Å². The Labute approximate surface area is 180 Å². The Kier molecular flexibility index (Phi) is 7.66. The third-order valence-corrected chi connectivity index (χ3v) is 6.37. The molecule has 31 heavy (non-hydrogen) atoms. The van der Waals surface area contributed by atoms with Crippen molar-refractivity contribution in [3.8, 4) is 0 Å². The number of hydrogen-bond acceptors (Lipinski definition) is 7. The minimum absolute atomic E-state index is 0.286. The minimum Gasteiger partial charge on any atom is -0.479 e. The van der Waals surface area contributed by atoms with E-state index in [1.165, 1.54) is 32.2 Å². The molecular formula is C21H24N2O7S. The largest absolute Gasteiger partial charge is 0.479 e. The summed E-state index contributed by atoms with van der Waals surface area (Å²) in [5.74, 6) is -3.46. The number of ketones is 1. The topological polar surface area (TPSA) is 139 Å². The summed E-state index contributed by atoms with van der Waals surface area (Å²) in [5.41, 5.74) is -2.37. The lowest BCUT2D eigenvalue weighted by atomic mass is 9.84. The average molecular weight is 448 g/mol. The molecule has 1 unspecified atom stereocenters. The van der Waals surface area contributed by atoms with E-state index in [0.717, 1.165) is 13.2 Å². The molecule has 0 bridgehead atoms. The Hall–Kier alpha value is -3.08. The highest BCUT2D eigenvalue weighted by Gasteiger charge is 2.51. The number of aliphatic carboxylic acids is 1. The van der Waals surface area contributed by atoms with Crippen molar-refractivity contribution in [1.29, 1.82) is 0 Å². The predicted molar refractivity (Wildman–Crippen MR) is 112 cm³/mol. The number of nitrogens with one attached hydrogen (secondary N) is 2. The van der Waals surface area contributed by atoms with Crippen LogP contribution in [0.1, 0.15) is 22.8 Å². The molecule has 0 aliphatic carbocycles. The first-order valence-corrected chi connectivity index (χ1v) is 10.8. The van der Waals surface area contributed by atoms with E-state index >= 15 is 0 Å². The number of benzene rings is 2. The van der Waals surface area contributed by atoms with Gasteiger partial charge in [0.25, 0.3) is 0 Å². The second kappa shape index (κ2) is 9.82. The fourth-order valence-corrected chi connectivity index (χ4v) is 4.59. The smallest absolute Gasteiger partial charge is 0.339 e. The molecule has 10 heteroatoms. The summed E-state index contributed by atoms with van der Waals surface area (Å²) in [6.45, 7) is 1.43. The number of likely N-dealkylation sites (N-methyl/N-ethyl adjacent to an activating group) is 1. The number of methoxy groups -OCH3 is 1. The third kappa shape index (κ3) is 5.16. The fraction of sp³-hybridized carbons (Fsp3) is 0.286. The van der Waals surface area contributed by atoms with E-state index in [9.17, 15) is 27.9 Å². The summed E-state index contributed by atoms with van der Waals surface area (Å²) >= 11 is 0. The van der Waals surface area contributed by atoms with Crippen LogP contribution in [0.3, 0.4) is 0 Å². The van der Waals surface area contributed by atoms with Crippen LogP contribution in [0.4, 0.5) is 0 Å². The Balaban J connectivity index is 2.66. The number of ether oxygens (including phenoxy) is 1. The molecule has 0 amide bonds. The summed E-state index contributed by atoms with van der Waals surface area (Å²) in [6, 6.07) is 12.4. The van der Waals surface area contributed by atoms with E-state index in [0.29, 0.717) is 5.56 Å². The monoisotopic (exact) mass is 448 g/mol. The molecule has 0 fully saturated rings. The number of carboxylic acid groups (broad SMARTS) is 1. The highest BCUT2D eigenvalue weighted by molar-refractivity contribution is 7.89. The van der Waals surface area contributed by atoms with Gasteiger partial charge in [0.2, 0.25) is 10.0 Å². The van der Waals surface area contributed by atoms with Crippen LogP contribution in [0.25, 0.3) is 0 Å². The van der Waals surface area contributed by atoms with Gasteiger partial charge in [-0.2, -0.15) is 4.72 Å². The molecule has 0 spiro atoms. The van der Waals surface area contributed by atoms with Crippen LogP contribution in [0.15, 0.2) is 59.5 Å².